The van der Waals surface area contributed by atoms with Crippen LogP contribution in [0.4, 0.5) is 0 Å². The Bertz CT molecular complexity index is 654. The lowest BCUT2D eigenvalue weighted by molar-refractivity contribution is -0.131. The Morgan fingerprint density at radius 2 is 2.05 bits per heavy atom. The zero-order chi connectivity index (χ0) is 14.5. The first-order valence-corrected chi connectivity index (χ1v) is 6.30. The highest BCUT2D eigenvalue weighted by Gasteiger charge is 2.05. The van der Waals surface area contributed by atoms with Crippen LogP contribution in [0, 0.1) is 0 Å². The highest BCUT2D eigenvalue weighted by molar-refractivity contribution is 6.34. The molecular formula is C14H9Cl2NO3. The topological polar surface area (TPSA) is 59.4 Å². The zero-order valence-corrected chi connectivity index (χ0v) is 11.6. The van der Waals surface area contributed by atoms with E-state index in [-0.39, 0.29) is 0 Å². The number of benzene rings is 1. The Kier molecular flexibility index (Phi) is 4.61. The normalized spacial score (nSPS) is 10.7. The van der Waals surface area contributed by atoms with Gasteiger partial charge < -0.3 is 9.84 Å². The highest BCUT2D eigenvalue weighted by atomic mass is 35.5. The Labute approximate surface area is 125 Å². The van der Waals surface area contributed by atoms with Gasteiger partial charge in [0, 0.05) is 29.4 Å². The Morgan fingerprint density at radius 1 is 1.25 bits per heavy atom. The second kappa shape index (κ2) is 6.41. The number of carboxylic acid groups (broad SMARTS) is 1. The highest BCUT2D eigenvalue weighted by Crippen LogP contribution is 2.31. The zero-order valence-electron chi connectivity index (χ0n) is 10.1. The number of ether oxygens (including phenoxy) is 1. The van der Waals surface area contributed by atoms with Gasteiger partial charge in [0.1, 0.15) is 5.75 Å². The van der Waals surface area contributed by atoms with Crippen molar-refractivity contribution in [2.45, 2.75) is 0 Å². The fraction of sp³-hybridized carbons (Fsp3) is 0. The van der Waals surface area contributed by atoms with Gasteiger partial charge in [0.15, 0.2) is 0 Å². The molecule has 0 amide bonds. The molecule has 0 spiro atoms. The second-order valence-electron chi connectivity index (χ2n) is 3.78. The number of hydrogen-bond acceptors (Lipinski definition) is 3. The van der Waals surface area contributed by atoms with Crippen molar-refractivity contribution >= 4 is 35.2 Å². The van der Waals surface area contributed by atoms with Gasteiger partial charge in [-0.25, -0.2) is 9.78 Å². The van der Waals surface area contributed by atoms with Gasteiger partial charge in [0.25, 0.3) is 0 Å². The first-order valence-electron chi connectivity index (χ1n) is 5.54. The Hall–Kier alpha value is -2.04. The van der Waals surface area contributed by atoms with Crippen LogP contribution in [-0.2, 0) is 4.79 Å². The van der Waals surface area contributed by atoms with Crippen LogP contribution in [0.5, 0.6) is 11.6 Å². The molecule has 0 radical (unpaired) electrons. The molecule has 0 saturated carbocycles. The molecular weight excluding hydrogens is 301 g/mol. The minimum atomic E-state index is -1.02. The fourth-order valence-corrected chi connectivity index (χ4v) is 1.70. The molecule has 20 heavy (non-hydrogen) atoms. The second-order valence-corrected chi connectivity index (χ2v) is 4.62. The number of aliphatic carboxylic acids is 1. The molecule has 4 nitrogen and oxygen atoms in total. The lowest BCUT2D eigenvalue weighted by Crippen LogP contribution is -1.90. The van der Waals surface area contributed by atoms with Gasteiger partial charge in [-0.1, -0.05) is 23.2 Å². The van der Waals surface area contributed by atoms with E-state index in [1.807, 2.05) is 0 Å². The quantitative estimate of drug-likeness (QED) is 0.856. The summed E-state index contributed by atoms with van der Waals surface area (Å²) >= 11 is 11.8. The number of carbonyl (C=O) groups is 1. The van der Waals surface area contributed by atoms with E-state index in [1.54, 1.807) is 30.3 Å². The maximum absolute atomic E-state index is 10.4. The third-order valence-electron chi connectivity index (χ3n) is 2.29. The number of aromatic nitrogens is 1. The fourth-order valence-electron chi connectivity index (χ4n) is 1.39. The number of hydrogen-bond donors (Lipinski definition) is 1. The SMILES string of the molecule is O=C(O)/C=C/c1ccc(Oc2cc(Cl)ccc2Cl)nc1. The molecule has 0 unspecified atom stereocenters. The van der Waals surface area contributed by atoms with Crippen molar-refractivity contribution in [3.8, 4) is 11.6 Å². The van der Waals surface area contributed by atoms with Gasteiger partial charge in [-0.05, 0) is 29.8 Å². The van der Waals surface area contributed by atoms with Crippen LogP contribution in [0.2, 0.25) is 10.0 Å². The molecule has 2 rings (SSSR count). The minimum Gasteiger partial charge on any atom is -0.478 e. The Balaban J connectivity index is 2.14. The van der Waals surface area contributed by atoms with Crippen molar-refractivity contribution < 1.29 is 14.6 Å². The maximum Gasteiger partial charge on any atom is 0.328 e. The summed E-state index contributed by atoms with van der Waals surface area (Å²) in [5.74, 6) is -0.279. The van der Waals surface area contributed by atoms with Crippen molar-refractivity contribution in [2.75, 3.05) is 0 Å². The van der Waals surface area contributed by atoms with Crippen molar-refractivity contribution in [1.29, 1.82) is 0 Å². The monoisotopic (exact) mass is 309 g/mol. The van der Waals surface area contributed by atoms with Crippen molar-refractivity contribution in [1.82, 2.24) is 4.98 Å². The first kappa shape index (κ1) is 14.4. The van der Waals surface area contributed by atoms with Crippen LogP contribution < -0.4 is 4.74 Å². The molecule has 1 aromatic heterocycles. The molecule has 102 valence electrons. The molecule has 0 saturated heterocycles. The van der Waals surface area contributed by atoms with E-state index in [9.17, 15) is 4.79 Å². The number of rotatable bonds is 4. The molecule has 1 aromatic carbocycles. The van der Waals surface area contributed by atoms with Crippen molar-refractivity contribution in [3.63, 3.8) is 0 Å². The van der Waals surface area contributed by atoms with Gasteiger partial charge in [0.2, 0.25) is 5.88 Å². The van der Waals surface area contributed by atoms with Crippen LogP contribution in [0.15, 0.2) is 42.6 Å². The average molecular weight is 310 g/mol. The summed E-state index contributed by atoms with van der Waals surface area (Å²) < 4.78 is 5.50. The first-order chi connectivity index (χ1) is 9.54. The lowest BCUT2D eigenvalue weighted by atomic mass is 10.2. The lowest BCUT2D eigenvalue weighted by Gasteiger charge is -2.07. The van der Waals surface area contributed by atoms with Gasteiger partial charge in [0.05, 0.1) is 5.02 Å². The predicted octanol–water partition coefficient (Wildman–Crippen LogP) is 4.28. The van der Waals surface area contributed by atoms with Crippen LogP contribution in [-0.4, -0.2) is 16.1 Å². The summed E-state index contributed by atoms with van der Waals surface area (Å²) in [6, 6.07) is 8.16. The molecule has 0 aliphatic rings. The molecule has 1 N–H and O–H groups in total. The number of nitrogens with zero attached hydrogens (tertiary/aromatic N) is 1. The maximum atomic E-state index is 10.4. The summed E-state index contributed by atoms with van der Waals surface area (Å²) in [6.45, 7) is 0. The predicted molar refractivity (Wildman–Crippen MR) is 77.4 cm³/mol. The molecule has 0 aliphatic carbocycles. The third-order valence-corrected chi connectivity index (χ3v) is 2.83. The van der Waals surface area contributed by atoms with Crippen molar-refractivity contribution in [2.24, 2.45) is 0 Å². The summed E-state index contributed by atoms with van der Waals surface area (Å²) in [6.07, 6.45) is 3.96. The van der Waals surface area contributed by atoms with Gasteiger partial charge >= 0.3 is 5.97 Å². The van der Waals surface area contributed by atoms with Gasteiger partial charge in [-0.2, -0.15) is 0 Å². The van der Waals surface area contributed by atoms with Crippen molar-refractivity contribution in [3.05, 3.63) is 58.2 Å². The summed E-state index contributed by atoms with van der Waals surface area (Å²) in [7, 11) is 0. The number of carboxylic acids is 1. The molecule has 0 bridgehead atoms. The van der Waals surface area contributed by atoms with Gasteiger partial charge in [-0.3, -0.25) is 0 Å². The Morgan fingerprint density at radius 3 is 2.70 bits per heavy atom. The molecule has 0 fully saturated rings. The van der Waals surface area contributed by atoms with E-state index in [1.165, 1.54) is 12.3 Å². The molecule has 0 atom stereocenters. The van der Waals surface area contributed by atoms with E-state index in [0.29, 0.717) is 27.2 Å². The smallest absolute Gasteiger partial charge is 0.328 e. The number of halogens is 2. The van der Waals surface area contributed by atoms with E-state index >= 15 is 0 Å². The van der Waals surface area contributed by atoms with Crippen LogP contribution in [0.1, 0.15) is 5.56 Å². The van der Waals surface area contributed by atoms with Gasteiger partial charge in [-0.15, -0.1) is 0 Å². The van der Waals surface area contributed by atoms with E-state index < -0.39 is 5.97 Å². The van der Waals surface area contributed by atoms with Crippen LogP contribution in [0.3, 0.4) is 0 Å². The largest absolute Gasteiger partial charge is 0.478 e. The molecule has 6 heteroatoms. The van der Waals surface area contributed by atoms with E-state index in [0.717, 1.165) is 6.08 Å². The molecule has 2 aromatic rings. The van der Waals surface area contributed by atoms with E-state index in [4.69, 9.17) is 33.0 Å². The number of pyridine rings is 1. The summed E-state index contributed by atoms with van der Waals surface area (Å²) in [5.41, 5.74) is 0.650. The average Bonchev–Trinajstić information content (AvgIpc) is 2.42. The third kappa shape index (κ3) is 3.98. The molecule has 1 heterocycles. The summed E-state index contributed by atoms with van der Waals surface area (Å²) in [4.78, 5) is 14.4. The standard InChI is InChI=1S/C14H9Cl2NO3/c15-10-3-4-11(16)12(7-10)20-13-5-1-9(8-17-13)2-6-14(18)19/h1-8H,(H,18,19)/b6-2+. The van der Waals surface area contributed by atoms with Crippen LogP contribution >= 0.6 is 23.2 Å². The van der Waals surface area contributed by atoms with E-state index in [2.05, 4.69) is 4.98 Å². The molecule has 0 aliphatic heterocycles. The summed E-state index contributed by atoms with van der Waals surface area (Å²) in [5, 5.41) is 9.45. The minimum absolute atomic E-state index is 0.335. The van der Waals surface area contributed by atoms with Crippen LogP contribution in [0.25, 0.3) is 6.08 Å².